The molecule has 3 aromatic rings. The summed E-state index contributed by atoms with van der Waals surface area (Å²) < 4.78 is 25.1. The molecule has 0 aliphatic rings. The lowest BCUT2D eigenvalue weighted by atomic mass is 10.1. The van der Waals surface area contributed by atoms with E-state index in [9.17, 15) is 9.18 Å². The van der Waals surface area contributed by atoms with Gasteiger partial charge in [0.1, 0.15) is 11.4 Å². The first kappa shape index (κ1) is 17.7. The van der Waals surface area contributed by atoms with E-state index in [1.165, 1.54) is 19.2 Å². The Labute approximate surface area is 155 Å². The number of furan rings is 1. The molecule has 5 N–H and O–H groups in total. The van der Waals surface area contributed by atoms with Crippen LogP contribution >= 0.6 is 15.9 Å². The number of halogens is 2. The Morgan fingerprint density at radius 2 is 2.04 bits per heavy atom. The van der Waals surface area contributed by atoms with Gasteiger partial charge in [0.05, 0.1) is 12.8 Å². The van der Waals surface area contributed by atoms with E-state index in [1.54, 1.807) is 18.2 Å². The monoisotopic (exact) mass is 421 g/mol. The second-order valence-corrected chi connectivity index (χ2v) is 5.88. The molecule has 2 aromatic heterocycles. The van der Waals surface area contributed by atoms with Crippen LogP contribution in [0.1, 0.15) is 10.6 Å². The molecule has 0 unspecified atom stereocenters. The van der Waals surface area contributed by atoms with Crippen molar-refractivity contribution in [2.75, 3.05) is 23.9 Å². The standard InChI is InChI=1S/C16H13BrFN5O3/c1-25-9-3-2-7(13-12(18)14(19)23-16(20)22-13)6-8(9)21-15(24)10-4-5-11(17)26-10/h2-6H,1H3,(H,21,24)(H4,19,20,22,23). The smallest absolute Gasteiger partial charge is 0.291 e. The maximum atomic E-state index is 14.3. The molecule has 134 valence electrons. The van der Waals surface area contributed by atoms with Gasteiger partial charge in [-0.3, -0.25) is 4.79 Å². The summed E-state index contributed by atoms with van der Waals surface area (Å²) in [4.78, 5) is 19.7. The number of nitrogen functional groups attached to an aromatic ring is 2. The van der Waals surface area contributed by atoms with Gasteiger partial charge in [0.25, 0.3) is 5.91 Å². The third-order valence-electron chi connectivity index (χ3n) is 3.41. The molecule has 8 nitrogen and oxygen atoms in total. The van der Waals surface area contributed by atoms with Crippen molar-refractivity contribution in [3.8, 4) is 17.0 Å². The van der Waals surface area contributed by atoms with Crippen LogP contribution in [0.2, 0.25) is 0 Å². The van der Waals surface area contributed by atoms with Crippen LogP contribution in [0.15, 0.2) is 39.4 Å². The fourth-order valence-electron chi connectivity index (χ4n) is 2.25. The Bertz CT molecular complexity index is 992. The van der Waals surface area contributed by atoms with E-state index in [-0.39, 0.29) is 28.9 Å². The predicted molar refractivity (Wildman–Crippen MR) is 97.2 cm³/mol. The number of carbonyl (C=O) groups excluding carboxylic acids is 1. The molecule has 0 aliphatic heterocycles. The number of ether oxygens (including phenoxy) is 1. The highest BCUT2D eigenvalue weighted by Crippen LogP contribution is 2.32. The van der Waals surface area contributed by atoms with Crippen LogP contribution in [0.4, 0.5) is 21.8 Å². The average molecular weight is 422 g/mol. The second kappa shape index (κ2) is 7.00. The normalized spacial score (nSPS) is 10.6. The molecule has 0 radical (unpaired) electrons. The third-order valence-corrected chi connectivity index (χ3v) is 3.84. The highest BCUT2D eigenvalue weighted by molar-refractivity contribution is 9.10. The van der Waals surface area contributed by atoms with Gasteiger partial charge < -0.3 is 25.9 Å². The molecule has 3 rings (SSSR count). The summed E-state index contributed by atoms with van der Waals surface area (Å²) in [7, 11) is 1.44. The van der Waals surface area contributed by atoms with E-state index in [0.29, 0.717) is 16.0 Å². The lowest BCUT2D eigenvalue weighted by Crippen LogP contribution is -2.12. The van der Waals surface area contributed by atoms with Gasteiger partial charge >= 0.3 is 0 Å². The molecule has 0 atom stereocenters. The number of hydrogen-bond donors (Lipinski definition) is 3. The van der Waals surface area contributed by atoms with Crippen molar-refractivity contribution < 1.29 is 18.3 Å². The zero-order valence-electron chi connectivity index (χ0n) is 13.4. The number of nitrogens with two attached hydrogens (primary N) is 2. The topological polar surface area (TPSA) is 129 Å². The summed E-state index contributed by atoms with van der Waals surface area (Å²) in [6, 6.07) is 7.68. The molecule has 1 aromatic carbocycles. The Hall–Kier alpha value is -3.14. The number of anilines is 3. The van der Waals surface area contributed by atoms with Crippen molar-refractivity contribution in [2.45, 2.75) is 0 Å². The number of carbonyl (C=O) groups is 1. The summed E-state index contributed by atoms with van der Waals surface area (Å²) in [6.07, 6.45) is 0. The van der Waals surface area contributed by atoms with E-state index in [2.05, 4.69) is 31.2 Å². The van der Waals surface area contributed by atoms with Crippen molar-refractivity contribution >= 4 is 39.3 Å². The SMILES string of the molecule is COc1ccc(-c2nc(N)nc(N)c2F)cc1NC(=O)c1ccc(Br)o1. The first-order chi connectivity index (χ1) is 12.4. The highest BCUT2D eigenvalue weighted by Gasteiger charge is 2.17. The molecule has 0 saturated heterocycles. The maximum Gasteiger partial charge on any atom is 0.291 e. The molecule has 0 aliphatic carbocycles. The van der Waals surface area contributed by atoms with Gasteiger partial charge in [-0.2, -0.15) is 4.98 Å². The number of benzene rings is 1. The van der Waals surface area contributed by atoms with E-state index in [1.807, 2.05) is 0 Å². The van der Waals surface area contributed by atoms with Gasteiger partial charge in [-0.1, -0.05) is 0 Å². The van der Waals surface area contributed by atoms with Crippen LogP contribution in [0.25, 0.3) is 11.3 Å². The minimum atomic E-state index is -0.809. The number of nitrogens with one attached hydrogen (secondary N) is 1. The number of rotatable bonds is 4. The zero-order valence-corrected chi connectivity index (χ0v) is 15.0. The lowest BCUT2D eigenvalue weighted by Gasteiger charge is -2.12. The molecule has 0 fully saturated rings. The first-order valence-electron chi connectivity index (χ1n) is 7.22. The van der Waals surface area contributed by atoms with Crippen molar-refractivity contribution in [3.05, 3.63) is 46.6 Å². The Morgan fingerprint density at radius 1 is 1.27 bits per heavy atom. The molecule has 26 heavy (non-hydrogen) atoms. The number of aromatic nitrogens is 2. The Morgan fingerprint density at radius 3 is 2.69 bits per heavy atom. The summed E-state index contributed by atoms with van der Waals surface area (Å²) in [5, 5.41) is 2.64. The van der Waals surface area contributed by atoms with E-state index >= 15 is 0 Å². The Balaban J connectivity index is 2.01. The van der Waals surface area contributed by atoms with Gasteiger partial charge in [0.2, 0.25) is 5.95 Å². The summed E-state index contributed by atoms with van der Waals surface area (Å²) >= 11 is 3.13. The summed E-state index contributed by atoms with van der Waals surface area (Å²) in [6.45, 7) is 0. The van der Waals surface area contributed by atoms with Crippen molar-refractivity contribution in [2.24, 2.45) is 0 Å². The molecular formula is C16H13BrFN5O3. The molecule has 1 amide bonds. The highest BCUT2D eigenvalue weighted by atomic mass is 79.9. The van der Waals surface area contributed by atoms with Crippen LogP contribution in [-0.2, 0) is 0 Å². The fourth-order valence-corrected chi connectivity index (χ4v) is 2.55. The summed E-state index contributed by atoms with van der Waals surface area (Å²) in [5.74, 6) is -1.39. The van der Waals surface area contributed by atoms with Crippen LogP contribution < -0.4 is 21.5 Å². The van der Waals surface area contributed by atoms with E-state index in [0.717, 1.165) is 0 Å². The molecule has 0 bridgehead atoms. The van der Waals surface area contributed by atoms with Crippen molar-refractivity contribution in [3.63, 3.8) is 0 Å². The molecular weight excluding hydrogens is 409 g/mol. The zero-order chi connectivity index (χ0) is 18.8. The van der Waals surface area contributed by atoms with E-state index < -0.39 is 11.7 Å². The quantitative estimate of drug-likeness (QED) is 0.589. The number of hydrogen-bond acceptors (Lipinski definition) is 7. The van der Waals surface area contributed by atoms with Crippen LogP contribution in [-0.4, -0.2) is 23.0 Å². The third kappa shape index (κ3) is 3.45. The Kier molecular flexibility index (Phi) is 4.76. The first-order valence-corrected chi connectivity index (χ1v) is 8.02. The molecule has 0 spiro atoms. The number of nitrogens with zero attached hydrogens (tertiary/aromatic N) is 2. The molecule has 10 heteroatoms. The number of amides is 1. The predicted octanol–water partition coefficient (Wildman–Crippen LogP) is 3.06. The van der Waals surface area contributed by atoms with Crippen molar-refractivity contribution in [1.82, 2.24) is 9.97 Å². The average Bonchev–Trinajstić information content (AvgIpc) is 3.04. The fraction of sp³-hybridized carbons (Fsp3) is 0.0625. The minimum Gasteiger partial charge on any atom is -0.495 e. The van der Waals surface area contributed by atoms with Crippen LogP contribution in [0.3, 0.4) is 0 Å². The van der Waals surface area contributed by atoms with Crippen molar-refractivity contribution in [1.29, 1.82) is 0 Å². The maximum absolute atomic E-state index is 14.3. The van der Waals surface area contributed by atoms with Gasteiger partial charge in [-0.25, -0.2) is 9.37 Å². The van der Waals surface area contributed by atoms with Gasteiger partial charge in [-0.05, 0) is 46.3 Å². The van der Waals surface area contributed by atoms with Gasteiger partial charge in [0.15, 0.2) is 22.1 Å². The largest absolute Gasteiger partial charge is 0.495 e. The number of methoxy groups -OCH3 is 1. The lowest BCUT2D eigenvalue weighted by molar-refractivity contribution is 0.0995. The molecule has 2 heterocycles. The second-order valence-electron chi connectivity index (χ2n) is 5.10. The minimum absolute atomic E-state index is 0.0889. The van der Waals surface area contributed by atoms with Crippen LogP contribution in [0.5, 0.6) is 5.75 Å². The summed E-state index contributed by atoms with van der Waals surface area (Å²) in [5.41, 5.74) is 11.6. The van der Waals surface area contributed by atoms with Gasteiger partial charge in [0, 0.05) is 5.56 Å². The van der Waals surface area contributed by atoms with Crippen LogP contribution in [0, 0.1) is 5.82 Å². The van der Waals surface area contributed by atoms with E-state index in [4.69, 9.17) is 20.6 Å². The molecule has 0 saturated carbocycles. The van der Waals surface area contributed by atoms with Gasteiger partial charge in [-0.15, -0.1) is 0 Å².